The Morgan fingerprint density at radius 1 is 1.32 bits per heavy atom. The summed E-state index contributed by atoms with van der Waals surface area (Å²) < 4.78 is 23.3. The Kier molecular flexibility index (Phi) is 6.46. The Morgan fingerprint density at radius 3 is 2.76 bits per heavy atom. The maximum absolute atomic E-state index is 12.8. The van der Waals surface area contributed by atoms with Gasteiger partial charge in [0.2, 0.25) is 5.90 Å². The second-order valence-corrected chi connectivity index (χ2v) is 6.68. The van der Waals surface area contributed by atoms with Crippen molar-refractivity contribution < 1.29 is 13.7 Å². The molecule has 2 heterocycles. The summed E-state index contributed by atoms with van der Waals surface area (Å²) in [7, 11) is 1.71. The molecule has 0 amide bonds. The van der Waals surface area contributed by atoms with Crippen molar-refractivity contribution in [2.24, 2.45) is 9.98 Å². The normalized spacial score (nSPS) is 19.3. The van der Waals surface area contributed by atoms with Crippen LogP contribution < -0.4 is 10.1 Å². The molecule has 7 nitrogen and oxygen atoms in total. The number of hydrogen-bond acceptors (Lipinski definition) is 7. The summed E-state index contributed by atoms with van der Waals surface area (Å²) in [5.74, 6) is 1.68. The molecule has 0 aromatic carbocycles. The fraction of sp³-hybridized carbons (Fsp3) is 0.353. The lowest BCUT2D eigenvalue weighted by molar-refractivity contribution is 0.406. The number of nitrogens with zero attached hydrogens (tertiary/aromatic N) is 3. The highest BCUT2D eigenvalue weighted by Gasteiger charge is 2.17. The maximum atomic E-state index is 12.8. The van der Waals surface area contributed by atoms with Gasteiger partial charge < -0.3 is 14.8 Å². The van der Waals surface area contributed by atoms with Crippen molar-refractivity contribution in [1.29, 1.82) is 0 Å². The van der Waals surface area contributed by atoms with Gasteiger partial charge in [-0.15, -0.1) is 0 Å². The molecule has 0 spiro atoms. The van der Waals surface area contributed by atoms with Crippen LogP contribution in [0.15, 0.2) is 40.7 Å². The second kappa shape index (κ2) is 8.57. The first-order valence-corrected chi connectivity index (χ1v) is 8.95. The Hall–Kier alpha value is -2.48. The Bertz CT molecular complexity index is 784. The van der Waals surface area contributed by atoms with Crippen LogP contribution >= 0.6 is 0 Å². The zero-order chi connectivity index (χ0) is 18.4. The number of aromatic nitrogens is 1. The quantitative estimate of drug-likeness (QED) is 0.889. The van der Waals surface area contributed by atoms with E-state index in [0.717, 1.165) is 16.9 Å². The van der Waals surface area contributed by atoms with E-state index in [1.54, 1.807) is 25.5 Å². The molecule has 0 saturated heterocycles. The third kappa shape index (κ3) is 4.76. The highest BCUT2D eigenvalue weighted by molar-refractivity contribution is 7.99. The van der Waals surface area contributed by atoms with E-state index in [1.165, 1.54) is 7.11 Å². The number of amidine groups is 1. The number of aryl methyl sites for hydroxylation is 1. The van der Waals surface area contributed by atoms with Crippen LogP contribution in [-0.4, -0.2) is 41.0 Å². The van der Waals surface area contributed by atoms with Crippen molar-refractivity contribution in [3.05, 3.63) is 47.6 Å². The van der Waals surface area contributed by atoms with Crippen LogP contribution in [0.25, 0.3) is 0 Å². The number of rotatable bonds is 3. The molecule has 1 atom stereocenters. The Morgan fingerprint density at radius 2 is 2.08 bits per heavy atom. The van der Waals surface area contributed by atoms with Gasteiger partial charge in [0.05, 0.1) is 43.0 Å². The number of ether oxygens (including phenoxy) is 2. The Labute approximate surface area is 150 Å². The van der Waals surface area contributed by atoms with Crippen LogP contribution in [0.5, 0.6) is 5.75 Å². The zero-order valence-electron chi connectivity index (χ0n) is 14.8. The van der Waals surface area contributed by atoms with E-state index < -0.39 is 10.8 Å². The predicted octanol–water partition coefficient (Wildman–Crippen LogP) is 1.99. The molecule has 0 radical (unpaired) electrons. The summed E-state index contributed by atoms with van der Waals surface area (Å²) in [4.78, 5) is 12.9. The van der Waals surface area contributed by atoms with Crippen LogP contribution in [0.2, 0.25) is 0 Å². The van der Waals surface area contributed by atoms with Gasteiger partial charge in [-0.05, 0) is 19.9 Å². The molecule has 1 aliphatic rings. The van der Waals surface area contributed by atoms with E-state index in [9.17, 15) is 4.21 Å². The van der Waals surface area contributed by atoms with Gasteiger partial charge in [-0.1, -0.05) is 12.7 Å². The van der Waals surface area contributed by atoms with Gasteiger partial charge in [-0.3, -0.25) is 14.2 Å². The summed E-state index contributed by atoms with van der Waals surface area (Å²) in [6.07, 6.45) is 5.19. The minimum Gasteiger partial charge on any atom is -0.496 e. The summed E-state index contributed by atoms with van der Waals surface area (Å²) in [5, 5.41) is 3.19. The standard InChI is InChI=1S/C17H22N4O3S/c1-11-9-19-14(12(2)16(11)24-5)10-25(22)17-18-8-6-7-15(23-4)20-13(3)21-17/h6-7,9H,3,8,10H2,1-2,4-5H3,(H,18,21)/b7-6-,20-15+. The number of methoxy groups -OCH3 is 2. The summed E-state index contributed by atoms with van der Waals surface area (Å²) in [5.41, 5.74) is 2.51. The fourth-order valence-corrected chi connectivity index (χ4v) is 3.43. The molecule has 0 bridgehead atoms. The van der Waals surface area contributed by atoms with Gasteiger partial charge in [0.1, 0.15) is 11.6 Å². The first kappa shape index (κ1) is 18.9. The van der Waals surface area contributed by atoms with Gasteiger partial charge in [0, 0.05) is 17.3 Å². The van der Waals surface area contributed by atoms with Crippen molar-refractivity contribution in [1.82, 2.24) is 10.3 Å². The molecular weight excluding hydrogens is 340 g/mol. The van der Waals surface area contributed by atoms with E-state index in [0.29, 0.717) is 29.1 Å². The summed E-state index contributed by atoms with van der Waals surface area (Å²) in [6.45, 7) is 7.97. The molecule has 1 aromatic rings. The number of hydrogen-bond donors (Lipinski definition) is 1. The molecule has 25 heavy (non-hydrogen) atoms. The first-order chi connectivity index (χ1) is 12.0. The third-order valence-corrected chi connectivity index (χ3v) is 4.74. The zero-order valence-corrected chi connectivity index (χ0v) is 15.6. The van der Waals surface area contributed by atoms with Crippen molar-refractivity contribution in [3.63, 3.8) is 0 Å². The van der Waals surface area contributed by atoms with Crippen LogP contribution in [-0.2, 0) is 21.3 Å². The molecule has 1 N–H and O–H groups in total. The average molecular weight is 362 g/mol. The lowest BCUT2D eigenvalue weighted by atomic mass is 10.1. The lowest BCUT2D eigenvalue weighted by Crippen LogP contribution is -2.28. The van der Waals surface area contributed by atoms with E-state index in [4.69, 9.17) is 9.47 Å². The van der Waals surface area contributed by atoms with Gasteiger partial charge >= 0.3 is 0 Å². The van der Waals surface area contributed by atoms with Gasteiger partial charge in [0.25, 0.3) is 0 Å². The maximum Gasteiger partial charge on any atom is 0.214 e. The molecule has 0 saturated carbocycles. The monoisotopic (exact) mass is 362 g/mol. The van der Waals surface area contributed by atoms with Crippen molar-refractivity contribution in [3.8, 4) is 5.75 Å². The molecule has 134 valence electrons. The third-order valence-electron chi connectivity index (χ3n) is 3.54. The van der Waals surface area contributed by atoms with Crippen LogP contribution in [0.1, 0.15) is 16.8 Å². The molecule has 2 rings (SSSR count). The van der Waals surface area contributed by atoms with Crippen LogP contribution in [0.4, 0.5) is 0 Å². The van der Waals surface area contributed by atoms with E-state index >= 15 is 0 Å². The van der Waals surface area contributed by atoms with Gasteiger partial charge in [0.15, 0.2) is 5.17 Å². The highest BCUT2D eigenvalue weighted by atomic mass is 32.2. The molecule has 1 aromatic heterocycles. The van der Waals surface area contributed by atoms with Crippen molar-refractivity contribution >= 4 is 21.9 Å². The van der Waals surface area contributed by atoms with Crippen LogP contribution in [0, 0.1) is 13.8 Å². The van der Waals surface area contributed by atoms with E-state index in [-0.39, 0.29) is 5.75 Å². The molecule has 0 aliphatic carbocycles. The van der Waals surface area contributed by atoms with E-state index in [2.05, 4.69) is 26.9 Å². The number of aliphatic imine (C=N–C) groups is 2. The lowest BCUT2D eigenvalue weighted by Gasteiger charge is -2.13. The SMILES string of the molecule is C=C1/N=C(OC)\C=C/CN=C(S(=O)Cc2ncc(C)c(OC)c2C)N1. The average Bonchev–Trinajstić information content (AvgIpc) is 2.68. The van der Waals surface area contributed by atoms with Crippen LogP contribution in [0.3, 0.4) is 0 Å². The molecule has 8 heteroatoms. The molecular formula is C17H22N4O3S. The Balaban J connectivity index is 2.22. The number of pyridine rings is 1. The predicted molar refractivity (Wildman–Crippen MR) is 100 cm³/mol. The van der Waals surface area contributed by atoms with Crippen molar-refractivity contribution in [2.45, 2.75) is 19.6 Å². The minimum absolute atomic E-state index is 0.214. The molecule has 0 fully saturated rings. The second-order valence-electron chi connectivity index (χ2n) is 5.31. The fourth-order valence-electron chi connectivity index (χ4n) is 2.30. The number of nitrogens with one attached hydrogen (secondary N) is 1. The van der Waals surface area contributed by atoms with E-state index in [1.807, 2.05) is 13.8 Å². The minimum atomic E-state index is -1.43. The topological polar surface area (TPSA) is 85.2 Å². The largest absolute Gasteiger partial charge is 0.496 e. The van der Waals surface area contributed by atoms with Gasteiger partial charge in [-0.2, -0.15) is 4.99 Å². The highest BCUT2D eigenvalue weighted by Crippen LogP contribution is 2.24. The van der Waals surface area contributed by atoms with Gasteiger partial charge in [-0.25, -0.2) is 0 Å². The first-order valence-electron chi connectivity index (χ1n) is 7.63. The molecule has 1 unspecified atom stereocenters. The van der Waals surface area contributed by atoms with Crippen molar-refractivity contribution in [2.75, 3.05) is 20.8 Å². The molecule has 1 aliphatic heterocycles. The summed E-state index contributed by atoms with van der Waals surface area (Å²) >= 11 is 0. The smallest absolute Gasteiger partial charge is 0.214 e. The summed E-state index contributed by atoms with van der Waals surface area (Å²) in [6, 6.07) is 0.